The second-order valence-corrected chi connectivity index (χ2v) is 6.68. The summed E-state index contributed by atoms with van der Waals surface area (Å²) in [7, 11) is 0. The minimum absolute atomic E-state index is 0.200. The van der Waals surface area contributed by atoms with Crippen molar-refractivity contribution < 1.29 is 14.3 Å². The van der Waals surface area contributed by atoms with Crippen molar-refractivity contribution >= 4 is 45.7 Å². The maximum atomic E-state index is 12.3. The van der Waals surface area contributed by atoms with Gasteiger partial charge in [-0.15, -0.1) is 11.3 Å². The van der Waals surface area contributed by atoms with Gasteiger partial charge in [0.05, 0.1) is 11.1 Å². The quantitative estimate of drug-likeness (QED) is 0.530. The molecule has 0 saturated carbocycles. The molecule has 7 heteroatoms. The third-order valence-corrected chi connectivity index (χ3v) is 4.64. The maximum absolute atomic E-state index is 12.3. The Balaban J connectivity index is 1.56. The number of aromatic nitrogens is 1. The highest BCUT2D eigenvalue weighted by molar-refractivity contribution is 7.09. The van der Waals surface area contributed by atoms with E-state index in [2.05, 4.69) is 10.3 Å². The number of nitrogens with one attached hydrogen (secondary N) is 1. The van der Waals surface area contributed by atoms with Gasteiger partial charge in [0.1, 0.15) is 5.15 Å². The molecule has 1 aromatic carbocycles. The average molecular weight is 375 g/mol. The number of thiophene rings is 1. The number of hydrogen-bond acceptors (Lipinski definition) is 5. The second-order valence-electron chi connectivity index (χ2n) is 5.27. The fourth-order valence-corrected chi connectivity index (χ4v) is 3.26. The van der Waals surface area contributed by atoms with Crippen LogP contribution in [-0.2, 0) is 16.0 Å². The Morgan fingerprint density at radius 2 is 2.04 bits per heavy atom. The van der Waals surface area contributed by atoms with E-state index in [4.69, 9.17) is 16.3 Å². The topological polar surface area (TPSA) is 68.3 Å². The van der Waals surface area contributed by atoms with E-state index in [1.165, 1.54) is 10.9 Å². The normalized spacial score (nSPS) is 10.6. The Kier molecular flexibility index (Phi) is 5.63. The van der Waals surface area contributed by atoms with E-state index in [0.29, 0.717) is 23.0 Å². The Hall–Kier alpha value is -2.44. The van der Waals surface area contributed by atoms with Crippen molar-refractivity contribution in [1.82, 2.24) is 10.3 Å². The van der Waals surface area contributed by atoms with Crippen LogP contribution < -0.4 is 5.32 Å². The molecular weight excluding hydrogens is 360 g/mol. The Morgan fingerprint density at radius 1 is 1.20 bits per heavy atom. The average Bonchev–Trinajstić information content (AvgIpc) is 3.12. The lowest BCUT2D eigenvalue weighted by molar-refractivity contribution is -0.124. The first-order chi connectivity index (χ1) is 12.1. The van der Waals surface area contributed by atoms with Gasteiger partial charge < -0.3 is 10.1 Å². The molecule has 3 aromatic rings. The maximum Gasteiger partial charge on any atom is 0.339 e. The Labute approximate surface area is 153 Å². The summed E-state index contributed by atoms with van der Waals surface area (Å²) >= 11 is 7.59. The molecule has 2 heterocycles. The third kappa shape index (κ3) is 4.55. The van der Waals surface area contributed by atoms with Crippen LogP contribution in [-0.4, -0.2) is 30.0 Å². The van der Waals surface area contributed by atoms with Crippen molar-refractivity contribution in [1.29, 1.82) is 0 Å². The number of ether oxygens (including phenoxy) is 1. The first kappa shape index (κ1) is 17.4. The van der Waals surface area contributed by atoms with Crippen molar-refractivity contribution in [3.05, 3.63) is 63.4 Å². The minimum atomic E-state index is -0.603. The van der Waals surface area contributed by atoms with Gasteiger partial charge >= 0.3 is 5.97 Å². The number of halogens is 1. The van der Waals surface area contributed by atoms with Crippen LogP contribution in [0, 0.1) is 0 Å². The number of pyridine rings is 1. The highest BCUT2D eigenvalue weighted by atomic mass is 35.5. The number of carbonyl (C=O) groups is 2. The van der Waals surface area contributed by atoms with Crippen LogP contribution >= 0.6 is 22.9 Å². The van der Waals surface area contributed by atoms with Crippen LogP contribution in [0.2, 0.25) is 5.15 Å². The fraction of sp³-hybridized carbons (Fsp3) is 0.167. The molecule has 0 fully saturated rings. The first-order valence-electron chi connectivity index (χ1n) is 7.65. The number of fused-ring (bicyclic) bond motifs is 1. The molecule has 0 bridgehead atoms. The summed E-state index contributed by atoms with van der Waals surface area (Å²) in [5, 5.41) is 5.55. The van der Waals surface area contributed by atoms with Crippen LogP contribution in [0.4, 0.5) is 0 Å². The first-order valence-corrected chi connectivity index (χ1v) is 8.91. The summed E-state index contributed by atoms with van der Waals surface area (Å²) in [6.45, 7) is 0.165. The molecule has 0 aliphatic carbocycles. The summed E-state index contributed by atoms with van der Waals surface area (Å²) in [5.74, 6) is -0.941. The van der Waals surface area contributed by atoms with Gasteiger partial charge in [0.2, 0.25) is 0 Å². The predicted octanol–water partition coefficient (Wildman–Crippen LogP) is 3.47. The van der Waals surface area contributed by atoms with Crippen LogP contribution in [0.5, 0.6) is 0 Å². The fourth-order valence-electron chi connectivity index (χ4n) is 2.35. The lowest BCUT2D eigenvalue weighted by Gasteiger charge is -2.08. The molecule has 0 unspecified atom stereocenters. The predicted molar refractivity (Wildman–Crippen MR) is 98.1 cm³/mol. The zero-order valence-corrected chi connectivity index (χ0v) is 14.8. The second kappa shape index (κ2) is 8.09. The Bertz CT molecular complexity index is 896. The third-order valence-electron chi connectivity index (χ3n) is 3.51. The van der Waals surface area contributed by atoms with Gasteiger partial charge in [-0.2, -0.15) is 0 Å². The van der Waals surface area contributed by atoms with Gasteiger partial charge in [0, 0.05) is 16.8 Å². The standard InChI is InChI=1S/C18H15ClN2O3S/c19-16-10-14(13-5-1-2-6-15(13)21-16)18(23)24-11-17(22)20-8-7-12-4-3-9-25-12/h1-6,9-10H,7-8,11H2,(H,20,22). The van der Waals surface area contributed by atoms with Crippen LogP contribution in [0.25, 0.3) is 10.9 Å². The monoisotopic (exact) mass is 374 g/mol. The lowest BCUT2D eigenvalue weighted by atomic mass is 10.1. The molecule has 128 valence electrons. The largest absolute Gasteiger partial charge is 0.452 e. The number of para-hydroxylation sites is 1. The molecule has 2 aromatic heterocycles. The summed E-state index contributed by atoms with van der Waals surface area (Å²) in [4.78, 5) is 29.5. The summed E-state index contributed by atoms with van der Waals surface area (Å²) in [5.41, 5.74) is 0.893. The molecule has 25 heavy (non-hydrogen) atoms. The molecule has 1 N–H and O–H groups in total. The summed E-state index contributed by atoms with van der Waals surface area (Å²) in [6, 6.07) is 12.5. The molecule has 0 radical (unpaired) electrons. The molecular formula is C18H15ClN2O3S. The zero-order chi connectivity index (χ0) is 17.6. The van der Waals surface area contributed by atoms with Crippen molar-refractivity contribution in [2.45, 2.75) is 6.42 Å². The van der Waals surface area contributed by atoms with Gasteiger partial charge in [-0.1, -0.05) is 35.9 Å². The van der Waals surface area contributed by atoms with E-state index in [1.54, 1.807) is 29.5 Å². The van der Waals surface area contributed by atoms with E-state index in [0.717, 1.165) is 6.42 Å². The highest BCUT2D eigenvalue weighted by Gasteiger charge is 2.15. The molecule has 1 amide bonds. The summed E-state index contributed by atoms with van der Waals surface area (Å²) in [6.07, 6.45) is 0.752. The number of rotatable bonds is 6. The van der Waals surface area contributed by atoms with Crippen molar-refractivity contribution in [2.75, 3.05) is 13.2 Å². The number of nitrogens with zero attached hydrogens (tertiary/aromatic N) is 1. The Morgan fingerprint density at radius 3 is 2.84 bits per heavy atom. The van der Waals surface area contributed by atoms with Crippen LogP contribution in [0.1, 0.15) is 15.2 Å². The van der Waals surface area contributed by atoms with E-state index >= 15 is 0 Å². The lowest BCUT2D eigenvalue weighted by Crippen LogP contribution is -2.30. The highest BCUT2D eigenvalue weighted by Crippen LogP contribution is 2.21. The molecule has 0 aliphatic rings. The van der Waals surface area contributed by atoms with Crippen molar-refractivity contribution in [3.63, 3.8) is 0 Å². The number of amides is 1. The van der Waals surface area contributed by atoms with Crippen LogP contribution in [0.15, 0.2) is 47.8 Å². The van der Waals surface area contributed by atoms with Gasteiger partial charge in [-0.05, 0) is 30.0 Å². The van der Waals surface area contributed by atoms with Crippen molar-refractivity contribution in [2.24, 2.45) is 0 Å². The number of esters is 1. The van der Waals surface area contributed by atoms with E-state index in [9.17, 15) is 9.59 Å². The van der Waals surface area contributed by atoms with E-state index in [1.807, 2.05) is 23.6 Å². The van der Waals surface area contributed by atoms with Gasteiger partial charge in [-0.3, -0.25) is 4.79 Å². The van der Waals surface area contributed by atoms with Crippen molar-refractivity contribution in [3.8, 4) is 0 Å². The van der Waals surface area contributed by atoms with Gasteiger partial charge in [0.25, 0.3) is 5.91 Å². The summed E-state index contributed by atoms with van der Waals surface area (Å²) < 4.78 is 5.11. The van der Waals surface area contributed by atoms with Gasteiger partial charge in [-0.25, -0.2) is 9.78 Å². The number of carbonyl (C=O) groups excluding carboxylic acids is 2. The number of hydrogen-bond donors (Lipinski definition) is 1. The SMILES string of the molecule is O=C(COC(=O)c1cc(Cl)nc2ccccc12)NCCc1cccs1. The molecule has 0 saturated heterocycles. The van der Waals surface area contributed by atoms with E-state index in [-0.39, 0.29) is 17.7 Å². The minimum Gasteiger partial charge on any atom is -0.452 e. The molecule has 0 atom stereocenters. The zero-order valence-electron chi connectivity index (χ0n) is 13.2. The molecule has 0 aliphatic heterocycles. The molecule has 3 rings (SSSR count). The smallest absolute Gasteiger partial charge is 0.339 e. The van der Waals surface area contributed by atoms with Gasteiger partial charge in [0.15, 0.2) is 6.61 Å². The van der Waals surface area contributed by atoms with Crippen LogP contribution in [0.3, 0.4) is 0 Å². The number of benzene rings is 1. The molecule has 5 nitrogen and oxygen atoms in total. The molecule has 0 spiro atoms. The van der Waals surface area contributed by atoms with E-state index < -0.39 is 5.97 Å².